The molecular weight excluding hydrogens is 332 g/mol. The molecule has 1 aromatic heterocycles. The van der Waals surface area contributed by atoms with Crippen LogP contribution < -0.4 is 0 Å². The van der Waals surface area contributed by atoms with E-state index < -0.39 is 0 Å². The van der Waals surface area contributed by atoms with Crippen molar-refractivity contribution in [3.63, 3.8) is 0 Å². The van der Waals surface area contributed by atoms with Gasteiger partial charge in [0.25, 0.3) is 0 Å². The van der Waals surface area contributed by atoms with Crippen molar-refractivity contribution in [3.8, 4) is 0 Å². The number of carbonyl (C=O) groups excluding carboxylic acids is 2. The lowest BCUT2D eigenvalue weighted by Gasteiger charge is -2.37. The fourth-order valence-electron chi connectivity index (χ4n) is 3.45. The summed E-state index contributed by atoms with van der Waals surface area (Å²) in [5.41, 5.74) is 2.35. The Morgan fingerprint density at radius 3 is 2.68 bits per heavy atom. The molecule has 2 aromatic rings. The predicted molar refractivity (Wildman–Crippen MR) is 101 cm³/mol. The molecule has 1 aromatic carbocycles. The quantitative estimate of drug-likeness (QED) is 0.823. The van der Waals surface area contributed by atoms with E-state index in [-0.39, 0.29) is 24.4 Å². The summed E-state index contributed by atoms with van der Waals surface area (Å²) in [7, 11) is 0. The van der Waals surface area contributed by atoms with E-state index in [0.29, 0.717) is 13.1 Å². The third kappa shape index (κ3) is 3.76. The molecule has 5 heteroatoms. The fourth-order valence-corrected chi connectivity index (χ4v) is 4.36. The van der Waals surface area contributed by atoms with Gasteiger partial charge in [0.15, 0.2) is 0 Å². The molecule has 0 radical (unpaired) electrons. The lowest BCUT2D eigenvalue weighted by atomic mass is 9.93. The average molecular weight is 356 g/mol. The Hall–Kier alpha value is -2.14. The van der Waals surface area contributed by atoms with Gasteiger partial charge in [0.05, 0.1) is 12.6 Å². The van der Waals surface area contributed by atoms with Gasteiger partial charge in [-0.3, -0.25) is 9.59 Å². The molecule has 1 aliphatic rings. The van der Waals surface area contributed by atoms with Crippen molar-refractivity contribution in [3.05, 3.63) is 57.8 Å². The van der Waals surface area contributed by atoms with Gasteiger partial charge in [-0.1, -0.05) is 37.3 Å². The molecule has 2 amide bonds. The first-order valence-electron chi connectivity index (χ1n) is 8.78. The number of hydrogen-bond donors (Lipinski definition) is 0. The zero-order valence-corrected chi connectivity index (χ0v) is 15.6. The average Bonchev–Trinajstić information content (AvgIpc) is 3.09. The molecule has 25 heavy (non-hydrogen) atoms. The van der Waals surface area contributed by atoms with Crippen molar-refractivity contribution in [2.45, 2.75) is 32.7 Å². The molecule has 4 nitrogen and oxygen atoms in total. The molecule has 0 N–H and O–H groups in total. The SMILES string of the molecule is CCCN(CC(=O)N1CCc2sccc2[C@@H]1c1ccccc1)C(C)=O. The molecule has 0 fully saturated rings. The zero-order chi connectivity index (χ0) is 17.8. The second kappa shape index (κ2) is 7.83. The van der Waals surface area contributed by atoms with Crippen LogP contribution in [0.2, 0.25) is 0 Å². The lowest BCUT2D eigenvalue weighted by Crippen LogP contribution is -2.46. The highest BCUT2D eigenvalue weighted by molar-refractivity contribution is 7.10. The standard InChI is InChI=1S/C20H24N2O2S/c1-3-11-21(15(2)23)14-19(24)22-12-9-18-17(10-13-25-18)20(22)16-7-5-4-6-8-16/h4-8,10,13,20H,3,9,11-12,14H2,1-2H3/t20-/m0/s1. The fraction of sp³-hybridized carbons (Fsp3) is 0.400. The maximum absolute atomic E-state index is 13.0. The molecule has 2 heterocycles. The third-order valence-electron chi connectivity index (χ3n) is 4.67. The second-order valence-corrected chi connectivity index (χ2v) is 7.39. The largest absolute Gasteiger partial charge is 0.334 e. The smallest absolute Gasteiger partial charge is 0.242 e. The van der Waals surface area contributed by atoms with E-state index in [0.717, 1.165) is 18.4 Å². The Bertz CT molecular complexity index is 741. The summed E-state index contributed by atoms with van der Waals surface area (Å²) in [4.78, 5) is 29.8. The summed E-state index contributed by atoms with van der Waals surface area (Å²) in [6, 6.07) is 12.2. The van der Waals surface area contributed by atoms with E-state index in [1.807, 2.05) is 30.0 Å². The molecule has 0 unspecified atom stereocenters. The second-order valence-electron chi connectivity index (χ2n) is 6.39. The highest BCUT2D eigenvalue weighted by Crippen LogP contribution is 2.37. The minimum atomic E-state index is -0.0564. The van der Waals surface area contributed by atoms with Crippen LogP contribution in [0.25, 0.3) is 0 Å². The summed E-state index contributed by atoms with van der Waals surface area (Å²) in [6.45, 7) is 5.03. The van der Waals surface area contributed by atoms with Crippen LogP contribution in [0.3, 0.4) is 0 Å². The van der Waals surface area contributed by atoms with Gasteiger partial charge >= 0.3 is 0 Å². The van der Waals surface area contributed by atoms with Gasteiger partial charge in [-0.25, -0.2) is 0 Å². The van der Waals surface area contributed by atoms with Gasteiger partial charge in [0.2, 0.25) is 11.8 Å². The Balaban J connectivity index is 1.89. The normalized spacial score (nSPS) is 16.4. The number of rotatable bonds is 5. The number of carbonyl (C=O) groups is 2. The minimum Gasteiger partial charge on any atom is -0.334 e. The predicted octanol–water partition coefficient (Wildman–Crippen LogP) is 3.48. The molecule has 0 spiro atoms. The van der Waals surface area contributed by atoms with Crippen molar-refractivity contribution in [1.29, 1.82) is 0 Å². The van der Waals surface area contributed by atoms with Crippen LogP contribution in [0, 0.1) is 0 Å². The highest BCUT2D eigenvalue weighted by Gasteiger charge is 2.33. The van der Waals surface area contributed by atoms with Gasteiger partial charge in [0.1, 0.15) is 0 Å². The molecule has 0 aliphatic carbocycles. The van der Waals surface area contributed by atoms with Gasteiger partial charge in [0, 0.05) is 24.9 Å². The summed E-state index contributed by atoms with van der Waals surface area (Å²) < 4.78 is 0. The van der Waals surface area contributed by atoms with Crippen molar-refractivity contribution < 1.29 is 9.59 Å². The van der Waals surface area contributed by atoms with Crippen molar-refractivity contribution in [1.82, 2.24) is 9.80 Å². The Kier molecular flexibility index (Phi) is 5.53. The van der Waals surface area contributed by atoms with Crippen LogP contribution in [0.4, 0.5) is 0 Å². The summed E-state index contributed by atoms with van der Waals surface area (Å²) in [5, 5.41) is 2.10. The van der Waals surface area contributed by atoms with E-state index >= 15 is 0 Å². The number of hydrogen-bond acceptors (Lipinski definition) is 3. The van der Waals surface area contributed by atoms with Gasteiger partial charge in [-0.15, -0.1) is 11.3 Å². The molecule has 0 saturated heterocycles. The van der Waals surface area contributed by atoms with E-state index in [2.05, 4.69) is 23.6 Å². The molecule has 1 aliphatic heterocycles. The maximum Gasteiger partial charge on any atom is 0.242 e. The first-order valence-corrected chi connectivity index (χ1v) is 9.66. The number of benzene rings is 1. The van der Waals surface area contributed by atoms with E-state index in [1.165, 1.54) is 17.4 Å². The number of nitrogens with zero attached hydrogens (tertiary/aromatic N) is 2. The van der Waals surface area contributed by atoms with Crippen LogP contribution in [-0.2, 0) is 16.0 Å². The number of amides is 2. The van der Waals surface area contributed by atoms with Crippen LogP contribution in [0.1, 0.15) is 42.3 Å². The van der Waals surface area contributed by atoms with E-state index in [4.69, 9.17) is 0 Å². The zero-order valence-electron chi connectivity index (χ0n) is 14.8. The van der Waals surface area contributed by atoms with Gasteiger partial charge in [-0.05, 0) is 35.4 Å². The Morgan fingerprint density at radius 2 is 2.00 bits per heavy atom. The van der Waals surface area contributed by atoms with Crippen molar-refractivity contribution in [2.75, 3.05) is 19.6 Å². The van der Waals surface area contributed by atoms with Gasteiger partial charge < -0.3 is 9.80 Å². The van der Waals surface area contributed by atoms with Gasteiger partial charge in [-0.2, -0.15) is 0 Å². The first-order chi connectivity index (χ1) is 12.1. The first kappa shape index (κ1) is 17.7. The van der Waals surface area contributed by atoms with Crippen molar-refractivity contribution in [2.24, 2.45) is 0 Å². The maximum atomic E-state index is 13.0. The molecule has 1 atom stereocenters. The number of thiophene rings is 1. The number of fused-ring (bicyclic) bond motifs is 1. The van der Waals surface area contributed by atoms with Crippen LogP contribution in [0.5, 0.6) is 0 Å². The minimum absolute atomic E-state index is 0.0225. The molecule has 0 bridgehead atoms. The molecular formula is C20H24N2O2S. The topological polar surface area (TPSA) is 40.6 Å². The van der Waals surface area contributed by atoms with Crippen LogP contribution in [-0.4, -0.2) is 41.2 Å². The molecule has 3 rings (SSSR count). The van der Waals surface area contributed by atoms with Crippen molar-refractivity contribution >= 4 is 23.2 Å². The Morgan fingerprint density at radius 1 is 1.24 bits per heavy atom. The third-order valence-corrected chi connectivity index (χ3v) is 5.66. The molecule has 0 saturated carbocycles. The molecule has 132 valence electrons. The van der Waals surface area contributed by atoms with E-state index in [9.17, 15) is 9.59 Å². The van der Waals surface area contributed by atoms with Crippen LogP contribution >= 0.6 is 11.3 Å². The summed E-state index contributed by atoms with van der Waals surface area (Å²) in [6.07, 6.45) is 1.74. The monoisotopic (exact) mass is 356 g/mol. The van der Waals surface area contributed by atoms with Crippen LogP contribution in [0.15, 0.2) is 41.8 Å². The van der Waals surface area contributed by atoms with E-state index in [1.54, 1.807) is 16.2 Å². The lowest BCUT2D eigenvalue weighted by molar-refractivity contribution is -0.140. The Labute approximate surface area is 153 Å². The highest BCUT2D eigenvalue weighted by atomic mass is 32.1. The summed E-state index contributed by atoms with van der Waals surface area (Å²) in [5.74, 6) is -0.0194. The summed E-state index contributed by atoms with van der Waals surface area (Å²) >= 11 is 1.76.